The first-order valence-corrected chi connectivity index (χ1v) is 16.9. The van der Waals surface area contributed by atoms with Gasteiger partial charge in [0.15, 0.2) is 0 Å². The van der Waals surface area contributed by atoms with Crippen molar-refractivity contribution in [2.45, 2.75) is 59.8 Å². The largest absolute Gasteiger partial charge is 0.491 e. The molecule has 2 fully saturated rings. The lowest BCUT2D eigenvalue weighted by molar-refractivity contribution is -0.0312. The molecule has 3 N–H and O–H groups in total. The number of nitrogens with one attached hydrogen (secondary N) is 2. The first-order valence-electron chi connectivity index (χ1n) is 14.0. The van der Waals surface area contributed by atoms with E-state index in [4.69, 9.17) is 14.2 Å². The Labute approximate surface area is 247 Å². The van der Waals surface area contributed by atoms with Crippen LogP contribution in [0.5, 0.6) is 11.6 Å². The molecule has 3 atom stereocenters. The highest BCUT2D eigenvalue weighted by Crippen LogP contribution is 2.38. The third-order valence-electron chi connectivity index (χ3n) is 8.01. The molecule has 2 aromatic rings. The Morgan fingerprint density at radius 1 is 1.19 bits per heavy atom. The molecule has 1 spiro atoms. The summed E-state index contributed by atoms with van der Waals surface area (Å²) in [4.78, 5) is 6.48. The minimum Gasteiger partial charge on any atom is -0.491 e. The van der Waals surface area contributed by atoms with E-state index in [0.29, 0.717) is 62.8 Å². The molecule has 3 aliphatic heterocycles. The molecule has 4 heterocycles. The number of hydrogen-bond donors (Lipinski definition) is 3. The minimum atomic E-state index is -3.72. The second kappa shape index (κ2) is 12.2. The van der Waals surface area contributed by atoms with Crippen LogP contribution in [0, 0.1) is 0 Å². The van der Waals surface area contributed by atoms with Crippen molar-refractivity contribution in [3.8, 4) is 11.6 Å². The molecule has 13 nitrogen and oxygen atoms in total. The van der Waals surface area contributed by atoms with Crippen LogP contribution >= 0.6 is 0 Å². The van der Waals surface area contributed by atoms with E-state index < -0.39 is 31.8 Å². The highest BCUT2D eigenvalue weighted by molar-refractivity contribution is 7.89. The molecule has 0 aliphatic carbocycles. The number of fused-ring (bicyclic) bond motifs is 1. The second-order valence-corrected chi connectivity index (χ2v) is 15.0. The third kappa shape index (κ3) is 6.67. The Morgan fingerprint density at radius 3 is 2.69 bits per heavy atom. The van der Waals surface area contributed by atoms with Gasteiger partial charge in [-0.15, -0.1) is 0 Å². The van der Waals surface area contributed by atoms with Crippen LogP contribution in [0.3, 0.4) is 0 Å². The van der Waals surface area contributed by atoms with E-state index >= 15 is 0 Å². The molecule has 0 saturated carbocycles. The lowest BCUT2D eigenvalue weighted by Gasteiger charge is -2.38. The number of pyridine rings is 1. The van der Waals surface area contributed by atoms with Gasteiger partial charge in [0.05, 0.1) is 29.8 Å². The number of aliphatic hydroxyl groups is 1. The van der Waals surface area contributed by atoms with Gasteiger partial charge in [0.2, 0.25) is 25.9 Å². The third-order valence-corrected chi connectivity index (χ3v) is 11.3. The van der Waals surface area contributed by atoms with Crippen LogP contribution in [0.15, 0.2) is 46.3 Å². The van der Waals surface area contributed by atoms with Crippen molar-refractivity contribution in [3.63, 3.8) is 0 Å². The molecular weight excluding hydrogens is 586 g/mol. The van der Waals surface area contributed by atoms with Gasteiger partial charge in [-0.2, -0.15) is 4.31 Å². The molecule has 1 aromatic carbocycles. The second-order valence-electron chi connectivity index (χ2n) is 11.2. The average molecular weight is 626 g/mol. The van der Waals surface area contributed by atoms with Gasteiger partial charge >= 0.3 is 0 Å². The zero-order valence-corrected chi connectivity index (χ0v) is 25.7. The standard InChI is InChI=1S/C27H39N5O8S2/c1-19-16-31(3)25-12-24(15-30-26(25)40-19)42(36,37)32-9-7-27(8-10-32)13-20(17-39-27)29-14-21(33)18-38-22-5-4-6-23(11-22)41(34,35)28-2/h4-6,11-12,15,19-21,28-29,33H,7-10,13-14,16-18H2,1-3H3/t19?,20-,21+/m1/s1. The highest BCUT2D eigenvalue weighted by atomic mass is 32.2. The predicted molar refractivity (Wildman–Crippen MR) is 155 cm³/mol. The van der Waals surface area contributed by atoms with E-state index in [0.717, 1.165) is 0 Å². The fraction of sp³-hybridized carbons (Fsp3) is 0.593. The molecule has 15 heteroatoms. The number of sulfonamides is 2. The van der Waals surface area contributed by atoms with Gasteiger partial charge in [0, 0.05) is 38.8 Å². The van der Waals surface area contributed by atoms with Crippen molar-refractivity contribution in [1.82, 2.24) is 19.3 Å². The summed E-state index contributed by atoms with van der Waals surface area (Å²) >= 11 is 0. The molecule has 2 saturated heterocycles. The van der Waals surface area contributed by atoms with E-state index in [2.05, 4.69) is 15.0 Å². The summed E-state index contributed by atoms with van der Waals surface area (Å²) in [6.07, 6.45) is 2.37. The zero-order valence-electron chi connectivity index (χ0n) is 24.0. The quantitative estimate of drug-likeness (QED) is 0.338. The number of nitrogens with zero attached hydrogens (tertiary/aromatic N) is 3. The molecule has 232 valence electrons. The van der Waals surface area contributed by atoms with E-state index in [-0.39, 0.29) is 35.1 Å². The maximum Gasteiger partial charge on any atom is 0.244 e. The van der Waals surface area contributed by atoms with Crippen molar-refractivity contribution in [2.24, 2.45) is 0 Å². The highest BCUT2D eigenvalue weighted by Gasteiger charge is 2.45. The summed E-state index contributed by atoms with van der Waals surface area (Å²) in [7, 11) is -4.08. The number of benzene rings is 1. The topological polar surface area (TPSA) is 160 Å². The minimum absolute atomic E-state index is 0.00896. The number of anilines is 1. The summed E-state index contributed by atoms with van der Waals surface area (Å²) in [5.41, 5.74) is 0.251. The summed E-state index contributed by atoms with van der Waals surface area (Å²) < 4.78 is 72.1. The number of piperidine rings is 1. The Balaban J connectivity index is 1.09. The monoisotopic (exact) mass is 625 g/mol. The van der Waals surface area contributed by atoms with Crippen LogP contribution in [0.4, 0.5) is 5.69 Å². The van der Waals surface area contributed by atoms with Gasteiger partial charge in [-0.1, -0.05) is 6.07 Å². The van der Waals surface area contributed by atoms with Gasteiger partial charge in [0.25, 0.3) is 0 Å². The smallest absolute Gasteiger partial charge is 0.244 e. The predicted octanol–water partition coefficient (Wildman–Crippen LogP) is 0.549. The van der Waals surface area contributed by atoms with Crippen LogP contribution in [-0.4, -0.2) is 109 Å². The van der Waals surface area contributed by atoms with E-state index in [9.17, 15) is 21.9 Å². The van der Waals surface area contributed by atoms with E-state index in [1.165, 1.54) is 29.7 Å². The van der Waals surface area contributed by atoms with Gasteiger partial charge in [-0.3, -0.25) is 0 Å². The van der Waals surface area contributed by atoms with Crippen molar-refractivity contribution < 1.29 is 36.2 Å². The molecule has 5 rings (SSSR count). The fourth-order valence-electron chi connectivity index (χ4n) is 5.65. The number of rotatable bonds is 10. The van der Waals surface area contributed by atoms with E-state index in [1.54, 1.807) is 18.2 Å². The molecule has 0 radical (unpaired) electrons. The SMILES string of the molecule is CNS(=O)(=O)c1cccc(OC[C@@H](O)CN[C@H]2COC3(CCN(S(=O)(=O)c4cnc5c(c4)N(C)CC(C)O5)CC3)C2)c1. The molecule has 3 aliphatic rings. The summed E-state index contributed by atoms with van der Waals surface area (Å²) in [5, 5.41) is 13.8. The van der Waals surface area contributed by atoms with Crippen molar-refractivity contribution in [1.29, 1.82) is 0 Å². The van der Waals surface area contributed by atoms with Crippen LogP contribution in [-0.2, 0) is 24.8 Å². The Hall–Kier alpha value is -2.53. The molecule has 1 unspecified atom stereocenters. The van der Waals surface area contributed by atoms with Gasteiger partial charge < -0.3 is 29.5 Å². The maximum absolute atomic E-state index is 13.4. The fourth-order valence-corrected chi connectivity index (χ4v) is 7.82. The van der Waals surface area contributed by atoms with Crippen LogP contribution in [0.1, 0.15) is 26.2 Å². The normalized spacial score (nSPS) is 23.4. The number of aliphatic hydroxyl groups excluding tert-OH is 1. The summed E-state index contributed by atoms with van der Waals surface area (Å²) in [6, 6.07) is 7.72. The number of hydrogen-bond acceptors (Lipinski definition) is 11. The van der Waals surface area contributed by atoms with Crippen LogP contribution < -0.4 is 24.4 Å². The Bertz CT molecular complexity index is 1480. The lowest BCUT2D eigenvalue weighted by Crippen LogP contribution is -2.47. The Morgan fingerprint density at radius 2 is 1.95 bits per heavy atom. The van der Waals surface area contributed by atoms with Gasteiger partial charge in [-0.05, 0) is 51.4 Å². The number of ether oxygens (including phenoxy) is 3. The first kappa shape index (κ1) is 30.9. The summed E-state index contributed by atoms with van der Waals surface area (Å²) in [6.45, 7) is 3.99. The van der Waals surface area contributed by atoms with Gasteiger partial charge in [0.1, 0.15) is 35.1 Å². The van der Waals surface area contributed by atoms with E-state index in [1.807, 2.05) is 18.9 Å². The molecule has 0 amide bonds. The molecule has 1 aromatic heterocycles. The first-order chi connectivity index (χ1) is 19.9. The average Bonchev–Trinajstić information content (AvgIpc) is 3.37. The number of likely N-dealkylation sites (N-methyl/N-ethyl adjacent to an activating group) is 1. The van der Waals surface area contributed by atoms with Crippen molar-refractivity contribution in [3.05, 3.63) is 36.5 Å². The van der Waals surface area contributed by atoms with Gasteiger partial charge in [-0.25, -0.2) is 26.5 Å². The number of aromatic nitrogens is 1. The molecule has 42 heavy (non-hydrogen) atoms. The lowest BCUT2D eigenvalue weighted by atomic mass is 9.88. The van der Waals surface area contributed by atoms with Crippen molar-refractivity contribution in [2.75, 3.05) is 58.4 Å². The summed E-state index contributed by atoms with van der Waals surface area (Å²) in [5.74, 6) is 0.785. The van der Waals surface area contributed by atoms with Crippen LogP contribution in [0.25, 0.3) is 0 Å². The maximum atomic E-state index is 13.4. The molecule has 0 bridgehead atoms. The molecular formula is C27H39N5O8S2. The van der Waals surface area contributed by atoms with Crippen LogP contribution in [0.2, 0.25) is 0 Å². The zero-order chi connectivity index (χ0) is 30.1. The Kier molecular flexibility index (Phi) is 9.00. The van der Waals surface area contributed by atoms with Crippen molar-refractivity contribution >= 4 is 25.7 Å².